The number of nitrogens with zero attached hydrogens (tertiary/aromatic N) is 1. The number of rotatable bonds is 12. The molecule has 1 aliphatic rings. The first-order valence-corrected chi connectivity index (χ1v) is 13.6. The van der Waals surface area contributed by atoms with Crippen LogP contribution in [0.25, 0.3) is 0 Å². The number of aliphatic carboxylic acids is 1. The SMILES string of the molecule is CCCCOC(=O)[C@@H](CCc1ccccc1)NC1CSCC(c2cccs2)N(CC(=O)O)C1=O. The zero-order valence-corrected chi connectivity index (χ0v) is 21.0. The molecular formula is C25H32N2O5S2. The van der Waals surface area contributed by atoms with Gasteiger partial charge in [-0.2, -0.15) is 11.8 Å². The number of hydrogen-bond donors (Lipinski definition) is 2. The first kappa shape index (κ1) is 26.2. The van der Waals surface area contributed by atoms with Gasteiger partial charge in [-0.1, -0.05) is 49.7 Å². The molecule has 1 fully saturated rings. The molecule has 34 heavy (non-hydrogen) atoms. The van der Waals surface area contributed by atoms with Gasteiger partial charge in [0.25, 0.3) is 0 Å². The summed E-state index contributed by atoms with van der Waals surface area (Å²) in [4.78, 5) is 40.4. The summed E-state index contributed by atoms with van der Waals surface area (Å²) in [6, 6.07) is 12.1. The van der Waals surface area contributed by atoms with Crippen LogP contribution in [0, 0.1) is 0 Å². The molecule has 1 aromatic heterocycles. The third kappa shape index (κ3) is 7.58. The fourth-order valence-corrected chi connectivity index (χ4v) is 6.01. The van der Waals surface area contributed by atoms with Crippen molar-refractivity contribution >= 4 is 40.9 Å². The van der Waals surface area contributed by atoms with E-state index in [1.165, 1.54) is 16.2 Å². The summed E-state index contributed by atoms with van der Waals surface area (Å²) in [5.41, 5.74) is 1.10. The van der Waals surface area contributed by atoms with Gasteiger partial charge in [0.2, 0.25) is 5.91 Å². The highest BCUT2D eigenvalue weighted by Gasteiger charge is 2.37. The highest BCUT2D eigenvalue weighted by molar-refractivity contribution is 7.99. The van der Waals surface area contributed by atoms with Crippen LogP contribution in [0.2, 0.25) is 0 Å². The van der Waals surface area contributed by atoms with Gasteiger partial charge >= 0.3 is 11.9 Å². The van der Waals surface area contributed by atoms with E-state index < -0.39 is 18.1 Å². The van der Waals surface area contributed by atoms with Gasteiger partial charge in [0, 0.05) is 16.4 Å². The number of benzene rings is 1. The number of carboxylic acids is 1. The first-order chi connectivity index (χ1) is 16.5. The van der Waals surface area contributed by atoms with Crippen molar-refractivity contribution in [3.63, 3.8) is 0 Å². The van der Waals surface area contributed by atoms with Crippen molar-refractivity contribution in [3.05, 3.63) is 58.3 Å². The molecule has 7 nitrogen and oxygen atoms in total. The summed E-state index contributed by atoms with van der Waals surface area (Å²) >= 11 is 3.10. The maximum absolute atomic E-state index is 13.5. The lowest BCUT2D eigenvalue weighted by Crippen LogP contribution is -2.54. The zero-order chi connectivity index (χ0) is 24.3. The highest BCUT2D eigenvalue weighted by atomic mass is 32.2. The lowest BCUT2D eigenvalue weighted by molar-refractivity contribution is -0.149. The number of thioether (sulfide) groups is 1. The summed E-state index contributed by atoms with van der Waals surface area (Å²) in [7, 11) is 0. The van der Waals surface area contributed by atoms with E-state index >= 15 is 0 Å². The molecule has 3 rings (SSSR count). The molecule has 9 heteroatoms. The standard InChI is InChI=1S/C25H32N2O5S2/c1-2-3-13-32-25(31)19(12-11-18-8-5-4-6-9-18)26-20-16-33-17-21(22-10-7-14-34-22)27(24(20)30)15-23(28)29/h4-10,14,19-21,26H,2-3,11-13,15-17H2,1H3,(H,28,29)/t19-,20?,21?/m1/s1. The Balaban J connectivity index is 1.76. The normalized spacial score (nSPS) is 19.4. The molecule has 1 saturated heterocycles. The Morgan fingerprint density at radius 2 is 2.00 bits per heavy atom. The van der Waals surface area contributed by atoms with E-state index in [4.69, 9.17) is 4.74 Å². The fourth-order valence-electron chi connectivity index (χ4n) is 3.87. The predicted octanol–water partition coefficient (Wildman–Crippen LogP) is 3.75. The van der Waals surface area contributed by atoms with Gasteiger partial charge in [-0.05, 0) is 36.3 Å². The Bertz CT molecular complexity index is 923. The van der Waals surface area contributed by atoms with Crippen LogP contribution in [-0.4, -0.2) is 64.6 Å². The molecular weight excluding hydrogens is 472 g/mol. The lowest BCUT2D eigenvalue weighted by atomic mass is 10.0. The van der Waals surface area contributed by atoms with Gasteiger partial charge < -0.3 is 14.7 Å². The number of aryl methyl sites for hydroxylation is 1. The van der Waals surface area contributed by atoms with E-state index in [1.54, 1.807) is 11.8 Å². The number of nitrogens with one attached hydrogen (secondary N) is 1. The number of esters is 1. The fraction of sp³-hybridized carbons (Fsp3) is 0.480. The topological polar surface area (TPSA) is 95.9 Å². The van der Waals surface area contributed by atoms with Crippen LogP contribution in [0.1, 0.15) is 42.7 Å². The van der Waals surface area contributed by atoms with Crippen LogP contribution in [0.3, 0.4) is 0 Å². The second kappa shape index (κ2) is 13.5. The second-order valence-corrected chi connectivity index (χ2v) is 10.3. The number of hydrogen-bond acceptors (Lipinski definition) is 7. The summed E-state index contributed by atoms with van der Waals surface area (Å²) in [6.45, 7) is 2.00. The zero-order valence-electron chi connectivity index (χ0n) is 19.4. The average molecular weight is 505 g/mol. The summed E-state index contributed by atoms with van der Waals surface area (Å²) in [5.74, 6) is -0.656. The van der Waals surface area contributed by atoms with E-state index in [0.29, 0.717) is 31.0 Å². The van der Waals surface area contributed by atoms with Crippen LogP contribution in [0.4, 0.5) is 0 Å². The summed E-state index contributed by atoms with van der Waals surface area (Å²) in [6.07, 6.45) is 2.84. The van der Waals surface area contributed by atoms with Crippen LogP contribution < -0.4 is 5.32 Å². The van der Waals surface area contributed by atoms with Crippen molar-refractivity contribution < 1.29 is 24.2 Å². The quantitative estimate of drug-likeness (QED) is 0.336. The van der Waals surface area contributed by atoms with E-state index in [1.807, 2.05) is 54.8 Å². The molecule has 184 valence electrons. The minimum absolute atomic E-state index is 0.295. The molecule has 2 N–H and O–H groups in total. The minimum Gasteiger partial charge on any atom is -0.480 e. The molecule has 0 saturated carbocycles. The number of amides is 1. The number of carbonyl (C=O) groups excluding carboxylic acids is 2. The third-order valence-electron chi connectivity index (χ3n) is 5.69. The van der Waals surface area contributed by atoms with E-state index in [0.717, 1.165) is 23.3 Å². The molecule has 0 bridgehead atoms. The molecule has 3 atom stereocenters. The predicted molar refractivity (Wildman–Crippen MR) is 135 cm³/mol. The van der Waals surface area contributed by atoms with Crippen molar-refractivity contribution in [1.82, 2.24) is 10.2 Å². The third-order valence-corrected chi connectivity index (χ3v) is 7.78. The Morgan fingerprint density at radius 3 is 2.68 bits per heavy atom. The van der Waals surface area contributed by atoms with E-state index in [2.05, 4.69) is 5.32 Å². The average Bonchev–Trinajstić information content (AvgIpc) is 3.32. The monoisotopic (exact) mass is 504 g/mol. The Kier molecular flexibility index (Phi) is 10.4. The molecule has 2 heterocycles. The van der Waals surface area contributed by atoms with Gasteiger partial charge in [0.15, 0.2) is 0 Å². The van der Waals surface area contributed by atoms with Gasteiger partial charge in [-0.15, -0.1) is 11.3 Å². The van der Waals surface area contributed by atoms with Crippen molar-refractivity contribution in [2.45, 2.75) is 50.7 Å². The molecule has 1 aliphatic heterocycles. The Labute approximate surface area is 208 Å². The van der Waals surface area contributed by atoms with Crippen molar-refractivity contribution in [2.24, 2.45) is 0 Å². The second-order valence-electron chi connectivity index (χ2n) is 8.25. The maximum atomic E-state index is 13.5. The lowest BCUT2D eigenvalue weighted by Gasteiger charge is -2.30. The number of carbonyl (C=O) groups is 3. The highest BCUT2D eigenvalue weighted by Crippen LogP contribution is 2.32. The minimum atomic E-state index is -1.06. The molecule has 1 aromatic carbocycles. The van der Waals surface area contributed by atoms with Crippen molar-refractivity contribution in [1.29, 1.82) is 0 Å². The van der Waals surface area contributed by atoms with Gasteiger partial charge in [0.1, 0.15) is 12.6 Å². The molecule has 0 radical (unpaired) electrons. The molecule has 0 spiro atoms. The molecule has 0 aliphatic carbocycles. The molecule has 1 amide bonds. The van der Waals surface area contributed by atoms with E-state index in [-0.39, 0.29) is 24.5 Å². The van der Waals surface area contributed by atoms with Crippen LogP contribution in [-0.2, 0) is 25.5 Å². The van der Waals surface area contributed by atoms with Crippen LogP contribution in [0.5, 0.6) is 0 Å². The Hall–Kier alpha value is -2.36. The Morgan fingerprint density at radius 1 is 1.21 bits per heavy atom. The molecule has 2 unspecified atom stereocenters. The summed E-state index contributed by atoms with van der Waals surface area (Å²) in [5, 5.41) is 14.6. The van der Waals surface area contributed by atoms with Crippen molar-refractivity contribution in [2.75, 3.05) is 24.7 Å². The van der Waals surface area contributed by atoms with E-state index in [9.17, 15) is 19.5 Å². The van der Waals surface area contributed by atoms with Gasteiger partial charge in [-0.3, -0.25) is 19.7 Å². The van der Waals surface area contributed by atoms with Gasteiger partial charge in [0.05, 0.1) is 18.7 Å². The number of unbranched alkanes of at least 4 members (excludes halogenated alkanes) is 1. The van der Waals surface area contributed by atoms with Gasteiger partial charge in [-0.25, -0.2) is 0 Å². The summed E-state index contributed by atoms with van der Waals surface area (Å²) < 4.78 is 5.49. The smallest absolute Gasteiger partial charge is 0.323 e. The number of thiophene rings is 1. The van der Waals surface area contributed by atoms with Crippen molar-refractivity contribution in [3.8, 4) is 0 Å². The maximum Gasteiger partial charge on any atom is 0.323 e. The number of ether oxygens (including phenoxy) is 1. The van der Waals surface area contributed by atoms with Crippen LogP contribution in [0.15, 0.2) is 47.8 Å². The molecule has 2 aromatic rings. The van der Waals surface area contributed by atoms with Crippen LogP contribution >= 0.6 is 23.1 Å². The number of carboxylic acid groups (broad SMARTS) is 1. The first-order valence-electron chi connectivity index (χ1n) is 11.6. The largest absolute Gasteiger partial charge is 0.480 e.